The van der Waals surface area contributed by atoms with Gasteiger partial charge in [-0.2, -0.15) is 0 Å². The van der Waals surface area contributed by atoms with E-state index >= 15 is 0 Å². The van der Waals surface area contributed by atoms with Crippen molar-refractivity contribution in [2.24, 2.45) is 0 Å². The molecule has 0 aliphatic rings. The summed E-state index contributed by atoms with van der Waals surface area (Å²) in [5, 5.41) is -0.0333. The quantitative estimate of drug-likeness (QED) is 0.372. The van der Waals surface area contributed by atoms with Crippen LogP contribution in [0.5, 0.6) is 0 Å². The van der Waals surface area contributed by atoms with E-state index in [0.717, 1.165) is 5.56 Å². The second kappa shape index (κ2) is 7.92. The first-order valence-corrected chi connectivity index (χ1v) is 8.37. The van der Waals surface area contributed by atoms with E-state index in [4.69, 9.17) is 10.5 Å². The Bertz CT molecular complexity index is 747. The predicted molar refractivity (Wildman–Crippen MR) is 93.2 cm³/mol. The first kappa shape index (κ1) is 17.9. The summed E-state index contributed by atoms with van der Waals surface area (Å²) in [4.78, 5) is 32.3. The minimum atomic E-state index is -0.560. The standard InChI is InChI=1S/C17H19N3O3S/c1-4-23-16(22)13-9-19-17(20-15(13)18)24-11(3)14(21)12-7-5-10(2)6-8-12/h5-9,11H,4H2,1-3H3,(H2,18,19,20)/t11-/m1/s1. The Labute approximate surface area is 144 Å². The Balaban J connectivity index is 2.10. The van der Waals surface area contributed by atoms with E-state index in [2.05, 4.69) is 9.97 Å². The van der Waals surface area contributed by atoms with Crippen LogP contribution in [-0.2, 0) is 4.74 Å². The second-order valence-electron chi connectivity index (χ2n) is 5.16. The maximum Gasteiger partial charge on any atom is 0.343 e. The molecule has 2 aromatic rings. The number of hydrogen-bond acceptors (Lipinski definition) is 7. The van der Waals surface area contributed by atoms with E-state index in [1.165, 1.54) is 18.0 Å². The largest absolute Gasteiger partial charge is 0.462 e. The SMILES string of the molecule is CCOC(=O)c1cnc(S[C@H](C)C(=O)c2ccc(C)cc2)nc1N. The zero-order valence-corrected chi connectivity index (χ0v) is 14.6. The number of benzene rings is 1. The molecule has 1 heterocycles. The Morgan fingerprint density at radius 2 is 1.96 bits per heavy atom. The number of Topliss-reactive ketones (excluding diaryl/α,β-unsaturated/α-hetero) is 1. The van der Waals surface area contributed by atoms with Crippen molar-refractivity contribution < 1.29 is 14.3 Å². The Morgan fingerprint density at radius 1 is 1.29 bits per heavy atom. The first-order chi connectivity index (χ1) is 11.4. The third-order valence-electron chi connectivity index (χ3n) is 3.28. The molecule has 0 unspecified atom stereocenters. The van der Waals surface area contributed by atoms with Gasteiger partial charge < -0.3 is 10.5 Å². The number of nitrogens with zero attached hydrogens (tertiary/aromatic N) is 2. The molecule has 7 heteroatoms. The monoisotopic (exact) mass is 345 g/mol. The van der Waals surface area contributed by atoms with Gasteiger partial charge in [-0.25, -0.2) is 14.8 Å². The molecule has 0 saturated heterocycles. The van der Waals surface area contributed by atoms with Crippen molar-refractivity contribution in [3.05, 3.63) is 47.2 Å². The smallest absolute Gasteiger partial charge is 0.343 e. The van der Waals surface area contributed by atoms with Gasteiger partial charge in [-0.05, 0) is 20.8 Å². The predicted octanol–water partition coefficient (Wildman–Crippen LogP) is 2.91. The van der Waals surface area contributed by atoms with Gasteiger partial charge >= 0.3 is 5.97 Å². The number of aryl methyl sites for hydroxylation is 1. The third kappa shape index (κ3) is 4.32. The number of aromatic nitrogens is 2. The fourth-order valence-corrected chi connectivity index (χ4v) is 2.79. The van der Waals surface area contributed by atoms with Crippen LogP contribution in [0.15, 0.2) is 35.6 Å². The molecule has 1 aromatic carbocycles. The molecule has 0 fully saturated rings. The summed E-state index contributed by atoms with van der Waals surface area (Å²) in [5.41, 5.74) is 7.64. The molecule has 0 aliphatic carbocycles. The number of ketones is 1. The maximum absolute atomic E-state index is 12.4. The molecule has 6 nitrogen and oxygen atoms in total. The van der Waals surface area contributed by atoms with E-state index in [-0.39, 0.29) is 29.0 Å². The average Bonchev–Trinajstić information content (AvgIpc) is 2.55. The van der Waals surface area contributed by atoms with Gasteiger partial charge in [-0.15, -0.1) is 0 Å². The number of carbonyl (C=O) groups is 2. The van der Waals surface area contributed by atoms with Gasteiger partial charge in [0.15, 0.2) is 10.9 Å². The van der Waals surface area contributed by atoms with Crippen LogP contribution in [0, 0.1) is 6.92 Å². The highest BCUT2D eigenvalue weighted by Gasteiger charge is 2.19. The van der Waals surface area contributed by atoms with Crippen LogP contribution in [0.2, 0.25) is 0 Å². The van der Waals surface area contributed by atoms with Crippen LogP contribution in [0.4, 0.5) is 5.82 Å². The van der Waals surface area contributed by atoms with Gasteiger partial charge in [0.05, 0.1) is 11.9 Å². The summed E-state index contributed by atoms with van der Waals surface area (Å²) in [7, 11) is 0. The normalized spacial score (nSPS) is 11.8. The Kier molecular flexibility index (Phi) is 5.92. The van der Waals surface area contributed by atoms with Crippen molar-refractivity contribution in [2.45, 2.75) is 31.2 Å². The van der Waals surface area contributed by atoms with E-state index in [0.29, 0.717) is 10.7 Å². The highest BCUT2D eigenvalue weighted by molar-refractivity contribution is 8.00. The summed E-state index contributed by atoms with van der Waals surface area (Å²) in [5.74, 6) is -0.534. The van der Waals surface area contributed by atoms with Gasteiger partial charge in [0.2, 0.25) is 0 Å². The molecule has 0 aliphatic heterocycles. The summed E-state index contributed by atoms with van der Waals surface area (Å²) in [6.07, 6.45) is 1.33. The van der Waals surface area contributed by atoms with E-state index in [1.807, 2.05) is 19.1 Å². The van der Waals surface area contributed by atoms with Gasteiger partial charge in [-0.1, -0.05) is 41.6 Å². The zero-order chi connectivity index (χ0) is 17.7. The van der Waals surface area contributed by atoms with Crippen molar-refractivity contribution in [2.75, 3.05) is 12.3 Å². The summed E-state index contributed by atoms with van der Waals surface area (Å²) in [6, 6.07) is 7.39. The molecule has 0 amide bonds. The molecule has 0 saturated carbocycles. The van der Waals surface area contributed by atoms with Crippen LogP contribution in [-0.4, -0.2) is 33.6 Å². The van der Waals surface area contributed by atoms with Crippen LogP contribution in [0.1, 0.15) is 40.1 Å². The zero-order valence-electron chi connectivity index (χ0n) is 13.8. The van der Waals surface area contributed by atoms with Crippen molar-refractivity contribution in [1.29, 1.82) is 0 Å². The van der Waals surface area contributed by atoms with Crippen LogP contribution < -0.4 is 5.73 Å². The van der Waals surface area contributed by atoms with Crippen molar-refractivity contribution in [3.63, 3.8) is 0 Å². The molecule has 0 radical (unpaired) electrons. The fraction of sp³-hybridized carbons (Fsp3) is 0.294. The highest BCUT2D eigenvalue weighted by atomic mass is 32.2. The minimum Gasteiger partial charge on any atom is -0.462 e. The highest BCUT2D eigenvalue weighted by Crippen LogP contribution is 2.24. The van der Waals surface area contributed by atoms with Gasteiger partial charge in [-0.3, -0.25) is 4.79 Å². The molecule has 1 atom stereocenters. The van der Waals surface area contributed by atoms with Gasteiger partial charge in [0, 0.05) is 11.8 Å². The molecule has 0 bridgehead atoms. The van der Waals surface area contributed by atoms with Crippen LogP contribution in [0.3, 0.4) is 0 Å². The summed E-state index contributed by atoms with van der Waals surface area (Å²) in [6.45, 7) is 5.70. The number of rotatable bonds is 6. The number of nitrogen functional groups attached to an aromatic ring is 1. The summed E-state index contributed by atoms with van der Waals surface area (Å²) < 4.78 is 4.88. The number of hydrogen-bond donors (Lipinski definition) is 1. The first-order valence-electron chi connectivity index (χ1n) is 7.49. The second-order valence-corrected chi connectivity index (χ2v) is 6.47. The minimum absolute atomic E-state index is 0.0170. The van der Waals surface area contributed by atoms with E-state index in [9.17, 15) is 9.59 Å². The Hall–Kier alpha value is -2.41. The lowest BCUT2D eigenvalue weighted by atomic mass is 10.1. The van der Waals surface area contributed by atoms with Crippen LogP contribution in [0.25, 0.3) is 0 Å². The van der Waals surface area contributed by atoms with Crippen molar-refractivity contribution >= 4 is 29.3 Å². The topological polar surface area (TPSA) is 95.2 Å². The Morgan fingerprint density at radius 3 is 2.54 bits per heavy atom. The number of nitrogens with two attached hydrogens (primary N) is 1. The van der Waals surface area contributed by atoms with Gasteiger partial charge in [0.1, 0.15) is 11.4 Å². The number of esters is 1. The molecule has 24 heavy (non-hydrogen) atoms. The lowest BCUT2D eigenvalue weighted by Crippen LogP contribution is -2.15. The van der Waals surface area contributed by atoms with E-state index in [1.54, 1.807) is 26.0 Å². The number of carbonyl (C=O) groups excluding carboxylic acids is 2. The fourth-order valence-electron chi connectivity index (χ4n) is 1.97. The van der Waals surface area contributed by atoms with Gasteiger partial charge in [0.25, 0.3) is 0 Å². The lowest BCUT2D eigenvalue weighted by molar-refractivity contribution is 0.0526. The number of thioether (sulfide) groups is 1. The van der Waals surface area contributed by atoms with E-state index < -0.39 is 5.97 Å². The molecule has 1 aromatic heterocycles. The van der Waals surface area contributed by atoms with Crippen molar-refractivity contribution in [3.8, 4) is 0 Å². The number of anilines is 1. The molecular weight excluding hydrogens is 326 g/mol. The molecule has 2 rings (SSSR count). The lowest BCUT2D eigenvalue weighted by Gasteiger charge is -2.10. The number of ether oxygens (including phenoxy) is 1. The molecule has 2 N–H and O–H groups in total. The maximum atomic E-state index is 12.4. The molecule has 0 spiro atoms. The van der Waals surface area contributed by atoms with Crippen LogP contribution >= 0.6 is 11.8 Å². The average molecular weight is 345 g/mol. The van der Waals surface area contributed by atoms with Crippen molar-refractivity contribution in [1.82, 2.24) is 9.97 Å². The molecule has 126 valence electrons. The molecular formula is C17H19N3O3S. The third-order valence-corrected chi connectivity index (χ3v) is 4.25. The summed E-state index contributed by atoms with van der Waals surface area (Å²) >= 11 is 1.19.